The molecule has 4 aromatic rings. The Balaban J connectivity index is 1.71. The quantitative estimate of drug-likeness (QED) is 0.435. The lowest BCUT2D eigenvalue weighted by Crippen LogP contribution is -2.12. The fraction of sp³-hybridized carbons (Fsp3) is 0.150. The minimum absolute atomic E-state index is 0.0137. The molecular formula is C20H17N7OS2. The van der Waals surface area contributed by atoms with Gasteiger partial charge in [-0.05, 0) is 23.6 Å². The Labute approximate surface area is 180 Å². The highest BCUT2D eigenvalue weighted by Gasteiger charge is 2.25. The number of thiazole rings is 1. The first kappa shape index (κ1) is 19.8. The van der Waals surface area contributed by atoms with Crippen LogP contribution in [0.5, 0.6) is 0 Å². The van der Waals surface area contributed by atoms with E-state index in [0.29, 0.717) is 42.7 Å². The van der Waals surface area contributed by atoms with E-state index in [0.717, 1.165) is 17.0 Å². The number of fused-ring (bicyclic) bond motifs is 1. The van der Waals surface area contributed by atoms with Gasteiger partial charge in [-0.2, -0.15) is 5.26 Å². The highest BCUT2D eigenvalue weighted by atomic mass is 32.1. The summed E-state index contributed by atoms with van der Waals surface area (Å²) >= 11 is 2.45. The number of nitriles is 1. The monoisotopic (exact) mass is 435 g/mol. The maximum Gasteiger partial charge on any atom is 0.269 e. The van der Waals surface area contributed by atoms with Gasteiger partial charge in [0, 0.05) is 17.0 Å². The van der Waals surface area contributed by atoms with Gasteiger partial charge >= 0.3 is 0 Å². The zero-order valence-corrected chi connectivity index (χ0v) is 17.8. The molecule has 30 heavy (non-hydrogen) atoms. The number of aromatic nitrogens is 3. The van der Waals surface area contributed by atoms with Crippen LogP contribution in [0.15, 0.2) is 29.8 Å². The SMILES string of the molecule is CC(C)c1c(C#N)c(N)nc2sc(C(=O)Nc3nc(-c4ccccn4)cs3)c(N)c12. The molecule has 0 unspecified atom stereocenters. The summed E-state index contributed by atoms with van der Waals surface area (Å²) in [6.45, 7) is 3.89. The summed E-state index contributed by atoms with van der Waals surface area (Å²) in [5.41, 5.74) is 15.0. The summed E-state index contributed by atoms with van der Waals surface area (Å²) in [5, 5.41) is 15.2. The number of nitrogen functional groups attached to an aromatic ring is 2. The van der Waals surface area contributed by atoms with Crippen molar-refractivity contribution in [2.24, 2.45) is 0 Å². The van der Waals surface area contributed by atoms with Gasteiger partial charge in [-0.15, -0.1) is 22.7 Å². The predicted octanol–water partition coefficient (Wildman–Crippen LogP) is 4.23. The average Bonchev–Trinajstić information content (AvgIpc) is 3.32. The molecule has 0 saturated heterocycles. The van der Waals surface area contributed by atoms with Crippen molar-refractivity contribution in [1.82, 2.24) is 15.0 Å². The Bertz CT molecular complexity index is 1300. The zero-order chi connectivity index (χ0) is 21.4. The highest BCUT2D eigenvalue weighted by molar-refractivity contribution is 7.21. The molecule has 0 radical (unpaired) electrons. The first-order valence-electron chi connectivity index (χ1n) is 9.00. The van der Waals surface area contributed by atoms with Crippen molar-refractivity contribution in [2.45, 2.75) is 19.8 Å². The summed E-state index contributed by atoms with van der Waals surface area (Å²) in [6.07, 6.45) is 1.69. The summed E-state index contributed by atoms with van der Waals surface area (Å²) in [6, 6.07) is 7.66. The molecule has 0 aliphatic heterocycles. The van der Waals surface area contributed by atoms with Crippen LogP contribution in [-0.2, 0) is 0 Å². The van der Waals surface area contributed by atoms with E-state index >= 15 is 0 Å². The van der Waals surface area contributed by atoms with Gasteiger partial charge in [0.2, 0.25) is 0 Å². The van der Waals surface area contributed by atoms with E-state index in [4.69, 9.17) is 11.5 Å². The van der Waals surface area contributed by atoms with Crippen LogP contribution in [0.1, 0.15) is 40.6 Å². The molecule has 4 aromatic heterocycles. The highest BCUT2D eigenvalue weighted by Crippen LogP contribution is 2.41. The number of nitrogens with one attached hydrogen (secondary N) is 1. The Morgan fingerprint density at radius 2 is 2.03 bits per heavy atom. The van der Waals surface area contributed by atoms with Crippen LogP contribution in [0.25, 0.3) is 21.6 Å². The molecule has 0 aliphatic carbocycles. The second kappa shape index (κ2) is 7.70. The Hall–Kier alpha value is -3.55. The van der Waals surface area contributed by atoms with E-state index in [-0.39, 0.29) is 17.6 Å². The molecule has 1 amide bonds. The van der Waals surface area contributed by atoms with Crippen molar-refractivity contribution in [3.05, 3.63) is 45.8 Å². The summed E-state index contributed by atoms with van der Waals surface area (Å²) in [5.74, 6) is -0.258. The van der Waals surface area contributed by atoms with Crippen LogP contribution in [0.3, 0.4) is 0 Å². The molecule has 8 nitrogen and oxygen atoms in total. The van der Waals surface area contributed by atoms with E-state index < -0.39 is 0 Å². The number of hydrogen-bond donors (Lipinski definition) is 3. The molecule has 0 spiro atoms. The third-order valence-electron chi connectivity index (χ3n) is 4.49. The van der Waals surface area contributed by atoms with Crippen molar-refractivity contribution in [3.8, 4) is 17.5 Å². The van der Waals surface area contributed by atoms with Gasteiger partial charge in [0.25, 0.3) is 5.91 Å². The van der Waals surface area contributed by atoms with Gasteiger partial charge in [-0.3, -0.25) is 15.1 Å². The molecule has 0 aliphatic rings. The number of amides is 1. The largest absolute Gasteiger partial charge is 0.397 e. The van der Waals surface area contributed by atoms with Gasteiger partial charge in [-0.25, -0.2) is 9.97 Å². The van der Waals surface area contributed by atoms with E-state index in [2.05, 4.69) is 26.3 Å². The van der Waals surface area contributed by atoms with E-state index in [1.807, 2.05) is 37.4 Å². The maximum absolute atomic E-state index is 12.9. The lowest BCUT2D eigenvalue weighted by atomic mass is 9.95. The smallest absolute Gasteiger partial charge is 0.269 e. The second-order valence-corrected chi connectivity index (χ2v) is 8.64. The third kappa shape index (κ3) is 3.34. The molecule has 4 rings (SSSR count). The lowest BCUT2D eigenvalue weighted by Gasteiger charge is -2.12. The number of hydrogen-bond acceptors (Lipinski definition) is 9. The van der Waals surface area contributed by atoms with Gasteiger partial charge in [0.05, 0.1) is 16.9 Å². The van der Waals surface area contributed by atoms with E-state index in [9.17, 15) is 10.1 Å². The van der Waals surface area contributed by atoms with Gasteiger partial charge in [0.1, 0.15) is 27.3 Å². The number of carbonyl (C=O) groups is 1. The molecule has 5 N–H and O–H groups in total. The van der Waals surface area contributed by atoms with Crippen LogP contribution in [0, 0.1) is 11.3 Å². The van der Waals surface area contributed by atoms with Crippen molar-refractivity contribution in [2.75, 3.05) is 16.8 Å². The number of carbonyl (C=O) groups excluding carboxylic acids is 1. The number of nitrogens with zero attached hydrogens (tertiary/aromatic N) is 4. The van der Waals surface area contributed by atoms with E-state index in [1.54, 1.807) is 6.20 Å². The van der Waals surface area contributed by atoms with Gasteiger partial charge in [-0.1, -0.05) is 19.9 Å². The summed E-state index contributed by atoms with van der Waals surface area (Å²) in [4.78, 5) is 26.7. The van der Waals surface area contributed by atoms with Crippen molar-refractivity contribution in [1.29, 1.82) is 5.26 Å². The van der Waals surface area contributed by atoms with E-state index in [1.165, 1.54) is 11.3 Å². The summed E-state index contributed by atoms with van der Waals surface area (Å²) < 4.78 is 0. The fourth-order valence-corrected chi connectivity index (χ4v) is 4.89. The molecule has 10 heteroatoms. The van der Waals surface area contributed by atoms with Crippen LogP contribution in [-0.4, -0.2) is 20.9 Å². The number of nitrogens with two attached hydrogens (primary N) is 2. The third-order valence-corrected chi connectivity index (χ3v) is 6.35. The predicted molar refractivity (Wildman–Crippen MR) is 121 cm³/mol. The molecular weight excluding hydrogens is 418 g/mol. The van der Waals surface area contributed by atoms with Crippen molar-refractivity contribution in [3.63, 3.8) is 0 Å². The molecule has 150 valence electrons. The lowest BCUT2D eigenvalue weighted by molar-refractivity contribution is 0.103. The molecule has 0 saturated carbocycles. The van der Waals surface area contributed by atoms with Crippen LogP contribution in [0.2, 0.25) is 0 Å². The zero-order valence-electron chi connectivity index (χ0n) is 16.1. The number of pyridine rings is 2. The number of rotatable bonds is 4. The Kier molecular flexibility index (Phi) is 5.07. The van der Waals surface area contributed by atoms with Crippen molar-refractivity contribution < 1.29 is 4.79 Å². The average molecular weight is 436 g/mol. The first-order chi connectivity index (χ1) is 14.4. The minimum atomic E-state index is -0.385. The van der Waals surface area contributed by atoms with Gasteiger partial charge in [0.15, 0.2) is 5.13 Å². The Morgan fingerprint density at radius 3 is 2.70 bits per heavy atom. The molecule has 0 aromatic carbocycles. The van der Waals surface area contributed by atoms with Crippen LogP contribution < -0.4 is 16.8 Å². The maximum atomic E-state index is 12.9. The standard InChI is InChI=1S/C20H17N7OS2/c1-9(2)13-10(7-21)17(23)26-19-14(13)15(22)16(30-19)18(28)27-20-25-12(8-29-20)11-5-3-4-6-24-11/h3-6,8-9H,22H2,1-2H3,(H2,23,26)(H,25,27,28). The number of thiophene rings is 1. The minimum Gasteiger partial charge on any atom is -0.397 e. The molecule has 0 bridgehead atoms. The Morgan fingerprint density at radius 1 is 1.23 bits per heavy atom. The topological polar surface area (TPSA) is 144 Å². The second-order valence-electron chi connectivity index (χ2n) is 6.78. The molecule has 4 heterocycles. The number of anilines is 3. The summed E-state index contributed by atoms with van der Waals surface area (Å²) in [7, 11) is 0. The van der Waals surface area contributed by atoms with Crippen molar-refractivity contribution >= 4 is 55.4 Å². The first-order valence-corrected chi connectivity index (χ1v) is 10.7. The fourth-order valence-electron chi connectivity index (χ4n) is 3.18. The van der Waals surface area contributed by atoms with Crippen LogP contribution >= 0.6 is 22.7 Å². The van der Waals surface area contributed by atoms with Crippen LogP contribution in [0.4, 0.5) is 16.6 Å². The molecule has 0 fully saturated rings. The normalized spacial score (nSPS) is 11.0. The van der Waals surface area contributed by atoms with Gasteiger partial charge < -0.3 is 11.5 Å². The molecule has 0 atom stereocenters.